The highest BCUT2D eigenvalue weighted by atomic mass is 19.4. The van der Waals surface area contributed by atoms with E-state index in [-0.39, 0.29) is 12.3 Å². The lowest BCUT2D eigenvalue weighted by atomic mass is 9.96. The van der Waals surface area contributed by atoms with Gasteiger partial charge in [0.1, 0.15) is 13.1 Å². The number of rotatable bonds is 5. The summed E-state index contributed by atoms with van der Waals surface area (Å²) in [6.45, 7) is -2.39. The van der Waals surface area contributed by atoms with Gasteiger partial charge in [-0.2, -0.15) is 13.2 Å². The summed E-state index contributed by atoms with van der Waals surface area (Å²) < 4.78 is 37.1. The molecule has 0 aromatic rings. The highest BCUT2D eigenvalue weighted by Crippen LogP contribution is 2.26. The standard InChI is InChI=1S/C13H20F3NO3/c14-13(15,16)9-17(8-12(19)20)11(18)7-10-5-3-1-2-4-6-10/h10H,1-9H2,(H,19,20). The summed E-state index contributed by atoms with van der Waals surface area (Å²) >= 11 is 0. The van der Waals surface area contributed by atoms with E-state index in [1.165, 1.54) is 0 Å². The first kappa shape index (κ1) is 16.8. The first-order chi connectivity index (χ1) is 9.28. The Hall–Kier alpha value is -1.27. The molecule has 0 atom stereocenters. The average molecular weight is 295 g/mol. The second-order valence-corrected chi connectivity index (χ2v) is 5.32. The maximum atomic E-state index is 12.4. The van der Waals surface area contributed by atoms with Gasteiger partial charge in [-0.25, -0.2) is 0 Å². The summed E-state index contributed by atoms with van der Waals surface area (Å²) in [5, 5.41) is 8.62. The summed E-state index contributed by atoms with van der Waals surface area (Å²) in [5.74, 6) is -2.06. The van der Waals surface area contributed by atoms with Crippen LogP contribution in [0.15, 0.2) is 0 Å². The fourth-order valence-electron chi connectivity index (χ4n) is 2.56. The number of carbonyl (C=O) groups excluding carboxylic acids is 1. The third kappa shape index (κ3) is 6.77. The van der Waals surface area contributed by atoms with E-state index in [2.05, 4.69) is 0 Å². The van der Waals surface area contributed by atoms with Crippen LogP contribution in [0.3, 0.4) is 0 Å². The Labute approximate surface area is 115 Å². The monoisotopic (exact) mass is 295 g/mol. The summed E-state index contributed by atoms with van der Waals surface area (Å²) in [6, 6.07) is 0. The molecule has 1 aliphatic carbocycles. The molecule has 7 heteroatoms. The van der Waals surface area contributed by atoms with Crippen molar-refractivity contribution >= 4 is 11.9 Å². The molecule has 1 aliphatic rings. The largest absolute Gasteiger partial charge is 0.480 e. The van der Waals surface area contributed by atoms with Crippen molar-refractivity contribution in [2.75, 3.05) is 13.1 Å². The summed E-state index contributed by atoms with van der Waals surface area (Å²) in [7, 11) is 0. The van der Waals surface area contributed by atoms with Crippen molar-refractivity contribution < 1.29 is 27.9 Å². The topological polar surface area (TPSA) is 57.6 Å². The van der Waals surface area contributed by atoms with Crippen molar-refractivity contribution in [1.82, 2.24) is 4.90 Å². The molecular formula is C13H20F3NO3. The minimum Gasteiger partial charge on any atom is -0.480 e. The molecule has 1 amide bonds. The first-order valence-corrected chi connectivity index (χ1v) is 6.84. The fraction of sp³-hybridized carbons (Fsp3) is 0.846. The molecule has 116 valence electrons. The minimum absolute atomic E-state index is 0.0172. The van der Waals surface area contributed by atoms with Crippen LogP contribution in [0, 0.1) is 5.92 Å². The lowest BCUT2D eigenvalue weighted by Crippen LogP contribution is -2.42. The van der Waals surface area contributed by atoms with Gasteiger partial charge in [0.2, 0.25) is 5.91 Å². The maximum Gasteiger partial charge on any atom is 0.406 e. The number of carboxylic acids is 1. The number of halogens is 3. The Morgan fingerprint density at radius 1 is 1.10 bits per heavy atom. The van der Waals surface area contributed by atoms with Crippen LogP contribution in [0.25, 0.3) is 0 Å². The van der Waals surface area contributed by atoms with Gasteiger partial charge in [-0.3, -0.25) is 9.59 Å². The van der Waals surface area contributed by atoms with Crippen molar-refractivity contribution in [1.29, 1.82) is 0 Å². The normalized spacial score (nSPS) is 17.6. The predicted octanol–water partition coefficient (Wildman–Crippen LogP) is 2.82. The van der Waals surface area contributed by atoms with Crippen LogP contribution in [0.1, 0.15) is 44.9 Å². The van der Waals surface area contributed by atoms with Gasteiger partial charge < -0.3 is 10.0 Å². The Kier molecular flexibility index (Phi) is 6.29. The second-order valence-electron chi connectivity index (χ2n) is 5.32. The number of amides is 1. The van der Waals surface area contributed by atoms with Crippen molar-refractivity contribution in [3.8, 4) is 0 Å². The third-order valence-corrected chi connectivity index (χ3v) is 3.49. The second kappa shape index (κ2) is 7.50. The zero-order valence-electron chi connectivity index (χ0n) is 11.3. The van der Waals surface area contributed by atoms with Crippen LogP contribution >= 0.6 is 0 Å². The fourth-order valence-corrected chi connectivity index (χ4v) is 2.56. The average Bonchev–Trinajstić information content (AvgIpc) is 2.54. The van der Waals surface area contributed by atoms with E-state index in [1.807, 2.05) is 0 Å². The molecule has 1 fully saturated rings. The van der Waals surface area contributed by atoms with E-state index in [0.717, 1.165) is 38.5 Å². The van der Waals surface area contributed by atoms with Crippen molar-refractivity contribution in [3.63, 3.8) is 0 Å². The molecule has 4 nitrogen and oxygen atoms in total. The molecule has 0 aromatic carbocycles. The Bertz CT molecular complexity index is 336. The van der Waals surface area contributed by atoms with E-state index in [0.29, 0.717) is 4.90 Å². The van der Waals surface area contributed by atoms with Crippen LogP contribution in [-0.4, -0.2) is 41.1 Å². The quantitative estimate of drug-likeness (QED) is 0.793. The van der Waals surface area contributed by atoms with Gasteiger partial charge in [0.25, 0.3) is 0 Å². The van der Waals surface area contributed by atoms with Crippen molar-refractivity contribution in [2.45, 2.75) is 51.1 Å². The zero-order chi connectivity index (χ0) is 15.2. The summed E-state index contributed by atoms with van der Waals surface area (Å²) in [5.41, 5.74) is 0. The SMILES string of the molecule is O=C(O)CN(CC(F)(F)F)C(=O)CC1CCCCCC1. The van der Waals surface area contributed by atoms with Crippen molar-refractivity contribution in [3.05, 3.63) is 0 Å². The first-order valence-electron chi connectivity index (χ1n) is 6.84. The number of nitrogens with zero attached hydrogens (tertiary/aromatic N) is 1. The van der Waals surface area contributed by atoms with Gasteiger partial charge in [-0.15, -0.1) is 0 Å². The van der Waals surface area contributed by atoms with Gasteiger partial charge in [0.05, 0.1) is 0 Å². The van der Waals surface area contributed by atoms with E-state index >= 15 is 0 Å². The third-order valence-electron chi connectivity index (χ3n) is 3.49. The Balaban J connectivity index is 2.59. The zero-order valence-corrected chi connectivity index (χ0v) is 11.3. The highest BCUT2D eigenvalue weighted by molar-refractivity contribution is 5.81. The molecule has 1 N–H and O–H groups in total. The molecule has 1 saturated carbocycles. The van der Waals surface area contributed by atoms with E-state index < -0.39 is 31.1 Å². The van der Waals surface area contributed by atoms with Gasteiger partial charge in [0, 0.05) is 6.42 Å². The Morgan fingerprint density at radius 2 is 1.65 bits per heavy atom. The minimum atomic E-state index is -4.57. The molecule has 0 heterocycles. The lowest BCUT2D eigenvalue weighted by molar-refractivity contribution is -0.166. The van der Waals surface area contributed by atoms with Gasteiger partial charge in [-0.05, 0) is 18.8 Å². The van der Waals surface area contributed by atoms with Gasteiger partial charge in [0.15, 0.2) is 0 Å². The predicted molar refractivity (Wildman–Crippen MR) is 66.1 cm³/mol. The maximum absolute atomic E-state index is 12.4. The molecule has 20 heavy (non-hydrogen) atoms. The molecule has 0 radical (unpaired) electrons. The molecular weight excluding hydrogens is 275 g/mol. The molecule has 0 spiro atoms. The van der Waals surface area contributed by atoms with E-state index in [1.54, 1.807) is 0 Å². The molecule has 0 unspecified atom stereocenters. The van der Waals surface area contributed by atoms with Gasteiger partial charge >= 0.3 is 12.1 Å². The van der Waals surface area contributed by atoms with E-state index in [9.17, 15) is 22.8 Å². The van der Waals surface area contributed by atoms with Crippen molar-refractivity contribution in [2.24, 2.45) is 5.92 Å². The van der Waals surface area contributed by atoms with Crippen LogP contribution in [0.4, 0.5) is 13.2 Å². The number of hydrogen-bond donors (Lipinski definition) is 1. The highest BCUT2D eigenvalue weighted by Gasteiger charge is 2.34. The summed E-state index contributed by atoms with van der Waals surface area (Å²) in [4.78, 5) is 22.9. The number of hydrogen-bond acceptors (Lipinski definition) is 2. The van der Waals surface area contributed by atoms with Crippen LogP contribution < -0.4 is 0 Å². The Morgan fingerprint density at radius 3 is 2.10 bits per heavy atom. The number of carbonyl (C=O) groups is 2. The number of alkyl halides is 3. The lowest BCUT2D eigenvalue weighted by Gasteiger charge is -2.24. The molecule has 0 saturated heterocycles. The van der Waals surface area contributed by atoms with E-state index in [4.69, 9.17) is 5.11 Å². The number of carboxylic acid groups (broad SMARTS) is 1. The molecule has 0 bridgehead atoms. The summed E-state index contributed by atoms with van der Waals surface area (Å²) in [6.07, 6.45) is 1.25. The smallest absolute Gasteiger partial charge is 0.406 e. The van der Waals surface area contributed by atoms with Crippen LogP contribution in [0.5, 0.6) is 0 Å². The molecule has 1 rings (SSSR count). The van der Waals surface area contributed by atoms with Gasteiger partial charge in [-0.1, -0.05) is 25.7 Å². The van der Waals surface area contributed by atoms with Crippen LogP contribution in [0.2, 0.25) is 0 Å². The van der Waals surface area contributed by atoms with Crippen LogP contribution in [-0.2, 0) is 9.59 Å². The number of aliphatic carboxylic acids is 1. The molecule has 0 aliphatic heterocycles. The molecule has 0 aromatic heterocycles.